The molecule has 5 heteroatoms. The van der Waals surface area contributed by atoms with E-state index in [1.54, 1.807) is 33.4 Å². The van der Waals surface area contributed by atoms with Gasteiger partial charge in [-0.2, -0.15) is 0 Å². The summed E-state index contributed by atoms with van der Waals surface area (Å²) in [5.41, 5.74) is 9.56. The van der Waals surface area contributed by atoms with Crippen LogP contribution in [0.3, 0.4) is 0 Å². The van der Waals surface area contributed by atoms with Gasteiger partial charge in [-0.15, -0.1) is 0 Å². The molecule has 37 heavy (non-hydrogen) atoms. The van der Waals surface area contributed by atoms with Crippen LogP contribution in [0.2, 0.25) is 17.3 Å². The molecular formula is C32H32Cl2O2Zr. The number of rotatable bonds is 4. The Morgan fingerprint density at radius 3 is 1.38 bits per heavy atom. The first-order valence-electron chi connectivity index (χ1n) is 13.8. The Bertz CT molecular complexity index is 1240. The van der Waals surface area contributed by atoms with Crippen molar-refractivity contribution in [2.75, 3.05) is 0 Å². The zero-order valence-electron chi connectivity index (χ0n) is 21.1. The quantitative estimate of drug-likeness (QED) is 0.343. The van der Waals surface area contributed by atoms with Gasteiger partial charge in [-0.1, -0.05) is 0 Å². The number of benzene rings is 2. The maximum absolute atomic E-state index is 7.48. The van der Waals surface area contributed by atoms with Crippen LogP contribution < -0.4 is 5.63 Å². The van der Waals surface area contributed by atoms with Gasteiger partial charge in [0.1, 0.15) is 0 Å². The van der Waals surface area contributed by atoms with Gasteiger partial charge in [-0.05, 0) is 0 Å². The molecule has 2 aromatic rings. The van der Waals surface area contributed by atoms with E-state index in [-0.39, 0.29) is 0 Å². The second-order valence-corrected chi connectivity index (χ2v) is 19.4. The molecule has 2 nitrogen and oxygen atoms in total. The molecule has 4 aliphatic carbocycles. The van der Waals surface area contributed by atoms with E-state index in [0.717, 1.165) is 34.4 Å². The summed E-state index contributed by atoms with van der Waals surface area (Å²) in [4.78, 5) is 0. The fraction of sp³-hybridized carbons (Fsp3) is 0.375. The minimum absolute atomic E-state index is 0.306. The Labute approximate surface area is 235 Å². The Kier molecular flexibility index (Phi) is 6.55. The van der Waals surface area contributed by atoms with Crippen molar-refractivity contribution in [1.82, 2.24) is 0 Å². The molecule has 1 heterocycles. The standard InChI is InChI=1S/C20H24.2C6H5ClO.Zr/c1-2-6-18-12-15(11-17(18)5-1)9-10-16-13-19-7-3-4-8-20(19)14-16;2*7-5-1-3-6(8)4-2-5;/h11-14H,1-10H2;2*1-4,8H;/q;;;+2/p-2. The molecule has 2 atom stereocenters. The maximum atomic E-state index is 7.48. The third-order valence-electron chi connectivity index (χ3n) is 8.96. The summed E-state index contributed by atoms with van der Waals surface area (Å²) in [7, 11) is 0. The van der Waals surface area contributed by atoms with Crippen LogP contribution in [0, 0.1) is 0 Å². The van der Waals surface area contributed by atoms with Gasteiger partial charge in [-0.25, -0.2) is 0 Å². The van der Waals surface area contributed by atoms with Crippen molar-refractivity contribution in [1.29, 1.82) is 0 Å². The summed E-state index contributed by atoms with van der Waals surface area (Å²) in [5, 5.41) is 1.46. The molecular weight excluding hydrogens is 578 g/mol. The first kappa shape index (κ1) is 24.5. The van der Waals surface area contributed by atoms with Crippen LogP contribution in [-0.4, -0.2) is 0 Å². The SMILES string of the molecule is Clc1ccc([O][Zr]2([O]c3ccc(Cl)cc3)[CH]3C(=CC4=C3CCCC4)CCC3=CC4=C(CCCC4)[CH]32)cc1. The van der Waals surface area contributed by atoms with E-state index in [1.807, 2.05) is 48.5 Å². The molecule has 0 N–H and O–H groups in total. The van der Waals surface area contributed by atoms with Crippen LogP contribution in [0.25, 0.3) is 0 Å². The van der Waals surface area contributed by atoms with Crippen molar-refractivity contribution < 1.29 is 26.8 Å². The van der Waals surface area contributed by atoms with Crippen molar-refractivity contribution in [2.24, 2.45) is 0 Å². The van der Waals surface area contributed by atoms with E-state index in [9.17, 15) is 0 Å². The van der Waals surface area contributed by atoms with Gasteiger partial charge in [-0.3, -0.25) is 0 Å². The molecule has 1 fully saturated rings. The van der Waals surface area contributed by atoms with E-state index in [2.05, 4.69) is 12.2 Å². The van der Waals surface area contributed by atoms with Crippen LogP contribution in [0.5, 0.6) is 11.5 Å². The van der Waals surface area contributed by atoms with Crippen LogP contribution >= 0.6 is 23.2 Å². The molecule has 0 saturated carbocycles. The third kappa shape index (κ3) is 4.34. The molecule has 0 radical (unpaired) electrons. The third-order valence-corrected chi connectivity index (χ3v) is 19.7. The predicted molar refractivity (Wildman–Crippen MR) is 148 cm³/mol. The average molecular weight is 611 g/mol. The minimum atomic E-state index is -4.17. The normalized spacial score (nSPS) is 25.9. The van der Waals surface area contributed by atoms with Crippen LogP contribution in [0.4, 0.5) is 0 Å². The van der Waals surface area contributed by atoms with E-state index in [4.69, 9.17) is 28.8 Å². The Balaban J connectivity index is 1.46. The Hall–Kier alpha value is -1.54. The van der Waals surface area contributed by atoms with Crippen molar-refractivity contribution in [3.05, 3.63) is 104 Å². The van der Waals surface area contributed by atoms with E-state index in [0.29, 0.717) is 7.25 Å². The van der Waals surface area contributed by atoms with Crippen molar-refractivity contribution >= 4 is 23.2 Å². The summed E-state index contributed by atoms with van der Waals surface area (Å²) in [6.45, 7) is 0. The molecule has 0 spiro atoms. The zero-order chi connectivity index (χ0) is 25.0. The van der Waals surface area contributed by atoms with Crippen LogP contribution in [0.1, 0.15) is 64.2 Å². The number of allylic oxidation sites excluding steroid dienone is 8. The number of hydrogen-bond donors (Lipinski definition) is 0. The van der Waals surface area contributed by atoms with E-state index in [1.165, 1.54) is 51.4 Å². The van der Waals surface area contributed by atoms with E-state index < -0.39 is 21.1 Å². The molecule has 1 saturated heterocycles. The second kappa shape index (κ2) is 9.89. The van der Waals surface area contributed by atoms with Crippen molar-refractivity contribution in [2.45, 2.75) is 71.5 Å². The van der Waals surface area contributed by atoms with Gasteiger partial charge in [0.2, 0.25) is 0 Å². The summed E-state index contributed by atoms with van der Waals surface area (Å²) in [6, 6.07) is 16.0. The zero-order valence-corrected chi connectivity index (χ0v) is 25.0. The summed E-state index contributed by atoms with van der Waals surface area (Å²) < 4.78 is 15.6. The first-order valence-corrected chi connectivity index (χ1v) is 19.4. The van der Waals surface area contributed by atoms with Crippen molar-refractivity contribution in [3.63, 3.8) is 0 Å². The molecule has 5 aliphatic rings. The number of halogens is 2. The van der Waals surface area contributed by atoms with Gasteiger partial charge in [0.15, 0.2) is 0 Å². The number of fused-ring (bicyclic) bond motifs is 4. The van der Waals surface area contributed by atoms with Crippen molar-refractivity contribution in [3.8, 4) is 11.5 Å². The second-order valence-electron chi connectivity index (χ2n) is 11.2. The van der Waals surface area contributed by atoms with Gasteiger partial charge in [0.05, 0.1) is 0 Å². The summed E-state index contributed by atoms with van der Waals surface area (Å²) >= 11 is 8.44. The Morgan fingerprint density at radius 2 is 0.946 bits per heavy atom. The number of hydrogen-bond acceptors (Lipinski definition) is 2. The molecule has 2 unspecified atom stereocenters. The molecule has 2 aromatic carbocycles. The van der Waals surface area contributed by atoms with Gasteiger partial charge in [0, 0.05) is 0 Å². The van der Waals surface area contributed by atoms with Crippen LogP contribution in [-0.2, 0) is 21.1 Å². The molecule has 190 valence electrons. The van der Waals surface area contributed by atoms with Gasteiger partial charge < -0.3 is 0 Å². The van der Waals surface area contributed by atoms with Crippen LogP contribution in [0.15, 0.2) is 94.1 Å². The molecule has 1 aliphatic heterocycles. The Morgan fingerprint density at radius 1 is 0.541 bits per heavy atom. The predicted octanol–water partition coefficient (Wildman–Crippen LogP) is 10.4. The first-order chi connectivity index (χ1) is 18.1. The average Bonchev–Trinajstić information content (AvgIpc) is 3.45. The topological polar surface area (TPSA) is 18.5 Å². The van der Waals surface area contributed by atoms with Gasteiger partial charge in [0.25, 0.3) is 0 Å². The molecule has 0 amide bonds. The monoisotopic (exact) mass is 608 g/mol. The van der Waals surface area contributed by atoms with E-state index >= 15 is 0 Å². The molecule has 7 rings (SSSR count). The summed E-state index contributed by atoms with van der Waals surface area (Å²) in [5.74, 6) is 1.79. The fourth-order valence-corrected chi connectivity index (χ4v) is 20.0. The molecule has 0 aromatic heterocycles. The fourth-order valence-electron chi connectivity index (χ4n) is 7.48. The summed E-state index contributed by atoms with van der Waals surface area (Å²) in [6.07, 6.45) is 17.2. The molecule has 0 bridgehead atoms. The van der Waals surface area contributed by atoms with Gasteiger partial charge >= 0.3 is 237 Å².